The Morgan fingerprint density at radius 2 is 1.91 bits per heavy atom. The Morgan fingerprint density at radius 3 is 2.57 bits per heavy atom. The van der Waals surface area contributed by atoms with Gasteiger partial charge in [-0.15, -0.1) is 0 Å². The van der Waals surface area contributed by atoms with E-state index in [9.17, 15) is 4.79 Å². The van der Waals surface area contributed by atoms with Gasteiger partial charge in [0, 0.05) is 37.1 Å². The molecule has 0 bridgehead atoms. The predicted octanol–water partition coefficient (Wildman–Crippen LogP) is 3.78. The molecule has 1 aliphatic carbocycles. The smallest absolute Gasteiger partial charge is 0.220 e. The lowest BCUT2D eigenvalue weighted by Gasteiger charge is -2.32. The molecule has 3 rings (SSSR count). The van der Waals surface area contributed by atoms with E-state index in [0.29, 0.717) is 18.4 Å². The Balaban J connectivity index is 1.38. The molecule has 1 atom stereocenters. The van der Waals surface area contributed by atoms with Gasteiger partial charge in [-0.1, -0.05) is 35.9 Å². The van der Waals surface area contributed by atoms with Crippen molar-refractivity contribution < 1.29 is 4.79 Å². The van der Waals surface area contributed by atoms with Crippen LogP contribution in [0.15, 0.2) is 36.4 Å². The molecule has 0 radical (unpaired) electrons. The molecule has 1 heterocycles. The maximum Gasteiger partial charge on any atom is 0.220 e. The number of likely N-dealkylation sites (tertiary alicyclic amines) is 1. The number of nitrogens with one attached hydrogen (secondary N) is 1. The average Bonchev–Trinajstić information content (AvgIpc) is 3.04. The van der Waals surface area contributed by atoms with Crippen LogP contribution in [0.3, 0.4) is 0 Å². The number of piperidine rings is 1. The minimum absolute atomic E-state index is 0.220. The molecular formula is C19H25ClN2O. The third-order valence-corrected chi connectivity index (χ3v) is 5.08. The van der Waals surface area contributed by atoms with Crippen LogP contribution < -0.4 is 5.32 Å². The first kappa shape index (κ1) is 16.5. The normalized spacial score (nSPS) is 22.4. The number of allylic oxidation sites excluding steroid dienone is 2. The Bertz CT molecular complexity index is 547. The fourth-order valence-corrected chi connectivity index (χ4v) is 3.60. The van der Waals surface area contributed by atoms with Crippen molar-refractivity contribution in [1.82, 2.24) is 10.2 Å². The van der Waals surface area contributed by atoms with E-state index in [-0.39, 0.29) is 5.91 Å². The summed E-state index contributed by atoms with van der Waals surface area (Å²) in [6.45, 7) is 3.04. The summed E-state index contributed by atoms with van der Waals surface area (Å²) < 4.78 is 0. The van der Waals surface area contributed by atoms with Crippen LogP contribution in [0, 0.1) is 5.92 Å². The van der Waals surface area contributed by atoms with Crippen molar-refractivity contribution in [3.8, 4) is 0 Å². The summed E-state index contributed by atoms with van der Waals surface area (Å²) in [6.07, 6.45) is 9.37. The molecule has 3 nitrogen and oxygen atoms in total. The van der Waals surface area contributed by atoms with Crippen LogP contribution in [0.5, 0.6) is 0 Å². The van der Waals surface area contributed by atoms with Gasteiger partial charge in [-0.05, 0) is 49.3 Å². The van der Waals surface area contributed by atoms with Crippen LogP contribution in [-0.2, 0) is 11.3 Å². The number of benzene rings is 1. The van der Waals surface area contributed by atoms with E-state index in [2.05, 4.69) is 34.5 Å². The Morgan fingerprint density at radius 1 is 1.17 bits per heavy atom. The molecule has 2 aliphatic rings. The van der Waals surface area contributed by atoms with Gasteiger partial charge >= 0.3 is 0 Å². The van der Waals surface area contributed by atoms with E-state index in [1.165, 1.54) is 5.56 Å². The van der Waals surface area contributed by atoms with Gasteiger partial charge in [-0.3, -0.25) is 9.69 Å². The second-order valence-corrected chi connectivity index (χ2v) is 7.15. The van der Waals surface area contributed by atoms with Crippen molar-refractivity contribution in [2.45, 2.75) is 44.7 Å². The maximum absolute atomic E-state index is 12.1. The van der Waals surface area contributed by atoms with E-state index in [1.54, 1.807) is 0 Å². The number of carbonyl (C=O) groups excluding carboxylic acids is 1. The SMILES string of the molecule is O=C(CC1C=CCC1)NC1CCN(Cc2ccc(Cl)cc2)CC1. The van der Waals surface area contributed by atoms with E-state index in [1.807, 2.05) is 12.1 Å². The summed E-state index contributed by atoms with van der Waals surface area (Å²) in [5.74, 6) is 0.678. The number of rotatable bonds is 5. The van der Waals surface area contributed by atoms with Crippen molar-refractivity contribution in [2.24, 2.45) is 5.92 Å². The first-order valence-corrected chi connectivity index (χ1v) is 8.99. The van der Waals surface area contributed by atoms with Gasteiger partial charge in [0.2, 0.25) is 5.91 Å². The summed E-state index contributed by atoms with van der Waals surface area (Å²) >= 11 is 5.92. The van der Waals surface area contributed by atoms with Crippen molar-refractivity contribution in [3.05, 3.63) is 47.0 Å². The quantitative estimate of drug-likeness (QED) is 0.832. The zero-order valence-corrected chi connectivity index (χ0v) is 14.3. The highest BCUT2D eigenvalue weighted by atomic mass is 35.5. The average molecular weight is 333 g/mol. The standard InChI is InChI=1S/C19H25ClN2O/c20-17-7-5-16(6-8-17)14-22-11-9-18(10-12-22)21-19(23)13-15-3-1-2-4-15/h1,3,5-8,15,18H,2,4,9-14H2,(H,21,23). The lowest BCUT2D eigenvalue weighted by atomic mass is 10.0. The summed E-state index contributed by atoms with van der Waals surface area (Å²) in [5, 5.41) is 4.01. The Hall–Kier alpha value is -1.32. The molecule has 1 aromatic carbocycles. The van der Waals surface area contributed by atoms with E-state index in [4.69, 9.17) is 11.6 Å². The van der Waals surface area contributed by atoms with Crippen LogP contribution >= 0.6 is 11.6 Å². The van der Waals surface area contributed by atoms with Crippen molar-refractivity contribution in [3.63, 3.8) is 0 Å². The topological polar surface area (TPSA) is 32.3 Å². The molecule has 0 aromatic heterocycles. The fraction of sp³-hybridized carbons (Fsp3) is 0.526. The van der Waals surface area contributed by atoms with E-state index in [0.717, 1.165) is 50.3 Å². The number of amides is 1. The van der Waals surface area contributed by atoms with Gasteiger partial charge in [0.05, 0.1) is 0 Å². The van der Waals surface area contributed by atoms with Crippen LogP contribution in [0.2, 0.25) is 5.02 Å². The summed E-state index contributed by atoms with van der Waals surface area (Å²) in [4.78, 5) is 14.6. The van der Waals surface area contributed by atoms with Crippen LogP contribution in [0.25, 0.3) is 0 Å². The first-order chi connectivity index (χ1) is 11.2. The number of halogens is 1. The molecule has 4 heteroatoms. The van der Waals surface area contributed by atoms with Crippen LogP contribution in [-0.4, -0.2) is 29.9 Å². The van der Waals surface area contributed by atoms with Gasteiger partial charge in [-0.25, -0.2) is 0 Å². The summed E-state index contributed by atoms with van der Waals surface area (Å²) in [6, 6.07) is 8.41. The van der Waals surface area contributed by atoms with Crippen LogP contribution in [0.4, 0.5) is 0 Å². The molecule has 1 unspecified atom stereocenters. The molecular weight excluding hydrogens is 308 g/mol. The third kappa shape index (κ3) is 5.08. The summed E-state index contributed by atoms with van der Waals surface area (Å²) in [5.41, 5.74) is 1.30. The predicted molar refractivity (Wildman–Crippen MR) is 94.4 cm³/mol. The highest BCUT2D eigenvalue weighted by Crippen LogP contribution is 2.21. The molecule has 1 aliphatic heterocycles. The molecule has 1 fully saturated rings. The van der Waals surface area contributed by atoms with Crippen molar-refractivity contribution in [2.75, 3.05) is 13.1 Å². The van der Waals surface area contributed by atoms with Crippen molar-refractivity contribution in [1.29, 1.82) is 0 Å². The number of carbonyl (C=O) groups is 1. The van der Waals surface area contributed by atoms with Gasteiger partial charge in [0.1, 0.15) is 0 Å². The second kappa shape index (κ2) is 7.98. The van der Waals surface area contributed by atoms with Gasteiger partial charge in [0.15, 0.2) is 0 Å². The fourth-order valence-electron chi connectivity index (χ4n) is 3.47. The molecule has 0 spiro atoms. The number of nitrogens with zero attached hydrogens (tertiary/aromatic N) is 1. The monoisotopic (exact) mass is 332 g/mol. The van der Waals surface area contributed by atoms with Gasteiger partial charge in [-0.2, -0.15) is 0 Å². The Kier molecular flexibility index (Phi) is 5.74. The van der Waals surface area contributed by atoms with Gasteiger partial charge in [0.25, 0.3) is 0 Å². The highest BCUT2D eigenvalue weighted by molar-refractivity contribution is 6.30. The molecule has 124 valence electrons. The number of hydrogen-bond acceptors (Lipinski definition) is 2. The minimum atomic E-state index is 0.220. The molecule has 1 saturated heterocycles. The van der Waals surface area contributed by atoms with Gasteiger partial charge < -0.3 is 5.32 Å². The lowest BCUT2D eigenvalue weighted by Crippen LogP contribution is -2.44. The highest BCUT2D eigenvalue weighted by Gasteiger charge is 2.22. The minimum Gasteiger partial charge on any atom is -0.353 e. The van der Waals surface area contributed by atoms with E-state index >= 15 is 0 Å². The number of hydrogen-bond donors (Lipinski definition) is 1. The molecule has 1 amide bonds. The lowest BCUT2D eigenvalue weighted by molar-refractivity contribution is -0.122. The maximum atomic E-state index is 12.1. The van der Waals surface area contributed by atoms with Crippen LogP contribution in [0.1, 0.15) is 37.7 Å². The first-order valence-electron chi connectivity index (χ1n) is 8.62. The molecule has 1 aromatic rings. The molecule has 23 heavy (non-hydrogen) atoms. The van der Waals surface area contributed by atoms with E-state index < -0.39 is 0 Å². The third-order valence-electron chi connectivity index (χ3n) is 4.83. The molecule has 0 saturated carbocycles. The zero-order valence-electron chi connectivity index (χ0n) is 13.5. The Labute approximate surface area is 143 Å². The largest absolute Gasteiger partial charge is 0.353 e. The van der Waals surface area contributed by atoms with Crippen molar-refractivity contribution >= 4 is 17.5 Å². The summed E-state index contributed by atoms with van der Waals surface area (Å²) in [7, 11) is 0. The second-order valence-electron chi connectivity index (χ2n) is 6.71. The zero-order chi connectivity index (χ0) is 16.1. The molecule has 1 N–H and O–H groups in total.